The Morgan fingerprint density at radius 3 is 2.31 bits per heavy atom. The van der Waals surface area contributed by atoms with Crippen LogP contribution in [0.3, 0.4) is 0 Å². The maximum absolute atomic E-state index is 5.71. The lowest BCUT2D eigenvalue weighted by Gasteiger charge is -2.29. The fraction of sp³-hybridized carbons (Fsp3) is 0.600. The van der Waals surface area contributed by atoms with Crippen LogP contribution in [0.15, 0.2) is 30.3 Å². The van der Waals surface area contributed by atoms with Crippen LogP contribution in [-0.4, -0.2) is 6.61 Å². The molecular formula is C15H24O. The van der Waals surface area contributed by atoms with Crippen LogP contribution in [0.5, 0.6) is 0 Å². The van der Waals surface area contributed by atoms with E-state index in [1.807, 2.05) is 6.07 Å². The van der Waals surface area contributed by atoms with Gasteiger partial charge in [0.15, 0.2) is 0 Å². The molecule has 0 N–H and O–H groups in total. The minimum atomic E-state index is 0.372. The molecule has 0 heterocycles. The monoisotopic (exact) mass is 220 g/mol. The van der Waals surface area contributed by atoms with Crippen molar-refractivity contribution in [3.05, 3.63) is 35.9 Å². The molecule has 1 nitrogen and oxygen atoms in total. The molecule has 0 aromatic heterocycles. The highest BCUT2D eigenvalue weighted by Gasteiger charge is 2.21. The minimum absolute atomic E-state index is 0.372. The standard InChI is InChI=1S/C15H24O/c1-13(2)15(3,4)10-11-16-12-14-8-6-5-7-9-14/h5-9,13H,10-12H2,1-4H3. The number of rotatable bonds is 6. The Kier molecular flexibility index (Phi) is 5.01. The summed E-state index contributed by atoms with van der Waals surface area (Å²) in [5.41, 5.74) is 1.63. The maximum Gasteiger partial charge on any atom is 0.0716 e. The number of hydrogen-bond donors (Lipinski definition) is 0. The largest absolute Gasteiger partial charge is 0.377 e. The Morgan fingerprint density at radius 2 is 1.75 bits per heavy atom. The Hall–Kier alpha value is -0.820. The van der Waals surface area contributed by atoms with E-state index in [2.05, 4.69) is 52.0 Å². The predicted octanol–water partition coefficient (Wildman–Crippen LogP) is 4.28. The first-order valence-electron chi connectivity index (χ1n) is 6.14. The first-order chi connectivity index (χ1) is 7.52. The molecule has 0 saturated heterocycles. The lowest BCUT2D eigenvalue weighted by Crippen LogP contribution is -2.21. The van der Waals surface area contributed by atoms with Crippen molar-refractivity contribution in [2.75, 3.05) is 6.61 Å². The molecule has 0 atom stereocenters. The molecule has 1 heteroatoms. The van der Waals surface area contributed by atoms with Gasteiger partial charge in [-0.25, -0.2) is 0 Å². The van der Waals surface area contributed by atoms with Crippen LogP contribution >= 0.6 is 0 Å². The van der Waals surface area contributed by atoms with Gasteiger partial charge in [0.05, 0.1) is 6.61 Å². The van der Waals surface area contributed by atoms with Gasteiger partial charge in [-0.1, -0.05) is 58.0 Å². The van der Waals surface area contributed by atoms with Crippen LogP contribution < -0.4 is 0 Å². The molecule has 0 bridgehead atoms. The highest BCUT2D eigenvalue weighted by atomic mass is 16.5. The zero-order valence-electron chi connectivity index (χ0n) is 11.0. The topological polar surface area (TPSA) is 9.23 Å². The van der Waals surface area contributed by atoms with Crippen LogP contribution in [0, 0.1) is 11.3 Å². The van der Waals surface area contributed by atoms with Crippen molar-refractivity contribution in [2.45, 2.75) is 40.7 Å². The number of ether oxygens (including phenoxy) is 1. The van der Waals surface area contributed by atoms with Crippen molar-refractivity contribution in [1.82, 2.24) is 0 Å². The molecule has 0 spiro atoms. The van der Waals surface area contributed by atoms with E-state index in [0.29, 0.717) is 11.3 Å². The van der Waals surface area contributed by atoms with Crippen LogP contribution in [-0.2, 0) is 11.3 Å². The maximum atomic E-state index is 5.71. The Balaban J connectivity index is 2.22. The van der Waals surface area contributed by atoms with Gasteiger partial charge in [0.1, 0.15) is 0 Å². The molecule has 0 aliphatic carbocycles. The summed E-state index contributed by atoms with van der Waals surface area (Å²) in [7, 11) is 0. The number of hydrogen-bond acceptors (Lipinski definition) is 1. The zero-order valence-corrected chi connectivity index (χ0v) is 11.0. The normalized spacial score (nSPS) is 12.1. The van der Waals surface area contributed by atoms with E-state index >= 15 is 0 Å². The van der Waals surface area contributed by atoms with Gasteiger partial charge in [-0.3, -0.25) is 0 Å². The summed E-state index contributed by atoms with van der Waals surface area (Å²) in [6, 6.07) is 10.3. The summed E-state index contributed by atoms with van der Waals surface area (Å²) in [6.07, 6.45) is 1.12. The van der Waals surface area contributed by atoms with E-state index in [9.17, 15) is 0 Å². The number of benzene rings is 1. The molecule has 0 saturated carbocycles. The molecule has 0 unspecified atom stereocenters. The summed E-state index contributed by atoms with van der Waals surface area (Å²) in [5.74, 6) is 0.702. The van der Waals surface area contributed by atoms with Crippen LogP contribution in [0.4, 0.5) is 0 Å². The molecule has 1 rings (SSSR count). The van der Waals surface area contributed by atoms with E-state index in [0.717, 1.165) is 19.6 Å². The van der Waals surface area contributed by atoms with Crippen LogP contribution in [0.25, 0.3) is 0 Å². The van der Waals surface area contributed by atoms with Crippen molar-refractivity contribution in [2.24, 2.45) is 11.3 Å². The molecule has 0 aliphatic rings. The minimum Gasteiger partial charge on any atom is -0.377 e. The molecule has 0 radical (unpaired) electrons. The average Bonchev–Trinajstić information content (AvgIpc) is 2.26. The van der Waals surface area contributed by atoms with Crippen LogP contribution in [0.1, 0.15) is 39.7 Å². The lowest BCUT2D eigenvalue weighted by molar-refractivity contribution is 0.0779. The van der Waals surface area contributed by atoms with E-state index in [1.54, 1.807) is 0 Å². The molecule has 0 fully saturated rings. The molecular weight excluding hydrogens is 196 g/mol. The molecule has 1 aromatic carbocycles. The fourth-order valence-corrected chi connectivity index (χ4v) is 1.39. The van der Waals surface area contributed by atoms with E-state index < -0.39 is 0 Å². The molecule has 1 aromatic rings. The highest BCUT2D eigenvalue weighted by molar-refractivity contribution is 5.13. The van der Waals surface area contributed by atoms with E-state index in [4.69, 9.17) is 4.74 Å². The van der Waals surface area contributed by atoms with Crippen molar-refractivity contribution < 1.29 is 4.74 Å². The second-order valence-corrected chi connectivity index (χ2v) is 5.43. The van der Waals surface area contributed by atoms with Gasteiger partial charge in [0.2, 0.25) is 0 Å². The summed E-state index contributed by atoms with van der Waals surface area (Å²) in [5, 5.41) is 0. The first-order valence-corrected chi connectivity index (χ1v) is 6.14. The lowest BCUT2D eigenvalue weighted by atomic mass is 9.79. The SMILES string of the molecule is CC(C)C(C)(C)CCOCc1ccccc1. The van der Waals surface area contributed by atoms with Gasteiger partial charge < -0.3 is 4.74 Å². The van der Waals surface area contributed by atoms with Crippen LogP contribution in [0.2, 0.25) is 0 Å². The summed E-state index contributed by atoms with van der Waals surface area (Å²) in [4.78, 5) is 0. The van der Waals surface area contributed by atoms with Gasteiger partial charge in [-0.2, -0.15) is 0 Å². The van der Waals surface area contributed by atoms with E-state index in [-0.39, 0.29) is 0 Å². The Labute approximate surface area is 99.8 Å². The molecule has 0 aliphatic heterocycles. The average molecular weight is 220 g/mol. The third kappa shape index (κ3) is 4.36. The molecule has 0 amide bonds. The van der Waals surface area contributed by atoms with Gasteiger partial charge in [0.25, 0.3) is 0 Å². The Morgan fingerprint density at radius 1 is 1.12 bits per heavy atom. The molecule has 16 heavy (non-hydrogen) atoms. The van der Waals surface area contributed by atoms with Gasteiger partial charge >= 0.3 is 0 Å². The summed E-state index contributed by atoms with van der Waals surface area (Å²) >= 11 is 0. The van der Waals surface area contributed by atoms with Crippen molar-refractivity contribution in [3.63, 3.8) is 0 Å². The van der Waals surface area contributed by atoms with E-state index in [1.165, 1.54) is 5.56 Å². The highest BCUT2D eigenvalue weighted by Crippen LogP contribution is 2.29. The summed E-state index contributed by atoms with van der Waals surface area (Å²) in [6.45, 7) is 10.7. The van der Waals surface area contributed by atoms with Crippen molar-refractivity contribution in [3.8, 4) is 0 Å². The smallest absolute Gasteiger partial charge is 0.0716 e. The third-order valence-electron chi connectivity index (χ3n) is 3.57. The van der Waals surface area contributed by atoms with Crippen molar-refractivity contribution in [1.29, 1.82) is 0 Å². The first kappa shape index (κ1) is 13.2. The van der Waals surface area contributed by atoms with Crippen molar-refractivity contribution >= 4 is 0 Å². The zero-order chi connectivity index (χ0) is 12.0. The second kappa shape index (κ2) is 6.05. The third-order valence-corrected chi connectivity index (χ3v) is 3.57. The van der Waals surface area contributed by atoms with Gasteiger partial charge in [-0.15, -0.1) is 0 Å². The molecule has 90 valence electrons. The summed E-state index contributed by atoms with van der Waals surface area (Å²) < 4.78 is 5.71. The van der Waals surface area contributed by atoms with Gasteiger partial charge in [-0.05, 0) is 23.3 Å². The fourth-order valence-electron chi connectivity index (χ4n) is 1.39. The second-order valence-electron chi connectivity index (χ2n) is 5.43. The predicted molar refractivity (Wildman–Crippen MR) is 69.3 cm³/mol. The quantitative estimate of drug-likeness (QED) is 0.650. The van der Waals surface area contributed by atoms with Gasteiger partial charge in [0, 0.05) is 6.61 Å². The Bertz CT molecular complexity index is 288.